The minimum absolute atomic E-state index is 0.0706. The third kappa shape index (κ3) is 5.49. The molecule has 2 aromatic rings. The molecule has 24 heavy (non-hydrogen) atoms. The molecular formula is C17H19ClO5S. The van der Waals surface area contributed by atoms with Gasteiger partial charge in [0.2, 0.25) is 0 Å². The summed E-state index contributed by atoms with van der Waals surface area (Å²) in [6.45, 7) is 0.209. The molecule has 0 aliphatic carbocycles. The van der Waals surface area contributed by atoms with Crippen molar-refractivity contribution < 1.29 is 23.0 Å². The van der Waals surface area contributed by atoms with Gasteiger partial charge in [-0.1, -0.05) is 23.7 Å². The molecule has 0 radical (unpaired) electrons. The zero-order valence-corrected chi connectivity index (χ0v) is 14.8. The van der Waals surface area contributed by atoms with Crippen LogP contribution < -0.4 is 4.74 Å². The Morgan fingerprint density at radius 3 is 2.29 bits per heavy atom. The molecule has 2 rings (SSSR count). The first-order chi connectivity index (χ1) is 11.4. The maximum Gasteiger partial charge on any atom is 0.181 e. The maximum absolute atomic E-state index is 12.2. The van der Waals surface area contributed by atoms with E-state index in [0.717, 1.165) is 11.3 Å². The Morgan fingerprint density at radius 2 is 1.71 bits per heavy atom. The zero-order chi connectivity index (χ0) is 17.6. The highest BCUT2D eigenvalue weighted by Gasteiger charge is 2.19. The molecule has 0 aliphatic heterocycles. The first kappa shape index (κ1) is 18.7. The number of methoxy groups -OCH3 is 1. The molecule has 0 fully saturated rings. The Kier molecular flexibility index (Phi) is 6.62. The van der Waals surface area contributed by atoms with Crippen LogP contribution in [0.25, 0.3) is 0 Å². The SMILES string of the molecule is COc1ccc(COC[C@H](O)CS(=O)(=O)c2ccc(Cl)cc2)cc1. The van der Waals surface area contributed by atoms with Crippen LogP contribution in [0.1, 0.15) is 5.56 Å². The normalized spacial score (nSPS) is 12.8. The van der Waals surface area contributed by atoms with Crippen molar-refractivity contribution in [3.63, 3.8) is 0 Å². The van der Waals surface area contributed by atoms with Crippen LogP contribution in [0.5, 0.6) is 5.75 Å². The molecule has 0 saturated heterocycles. The number of hydrogen-bond donors (Lipinski definition) is 1. The van der Waals surface area contributed by atoms with Gasteiger partial charge in [0, 0.05) is 5.02 Å². The molecule has 0 unspecified atom stereocenters. The molecule has 0 amide bonds. The predicted octanol–water partition coefficient (Wildman–Crippen LogP) is 2.70. The first-order valence-corrected chi connectivity index (χ1v) is 9.31. The minimum Gasteiger partial charge on any atom is -0.497 e. The van der Waals surface area contributed by atoms with Crippen molar-refractivity contribution in [2.24, 2.45) is 0 Å². The second-order valence-electron chi connectivity index (χ2n) is 5.25. The lowest BCUT2D eigenvalue weighted by molar-refractivity contribution is 0.0390. The van der Waals surface area contributed by atoms with E-state index in [2.05, 4.69) is 0 Å². The second kappa shape index (κ2) is 8.48. The van der Waals surface area contributed by atoms with E-state index >= 15 is 0 Å². The number of rotatable bonds is 8. The van der Waals surface area contributed by atoms with Crippen molar-refractivity contribution in [3.05, 3.63) is 59.1 Å². The largest absolute Gasteiger partial charge is 0.497 e. The Morgan fingerprint density at radius 1 is 1.08 bits per heavy atom. The summed E-state index contributed by atoms with van der Waals surface area (Å²) in [5.74, 6) is 0.338. The van der Waals surface area contributed by atoms with Gasteiger partial charge in [-0.05, 0) is 42.0 Å². The summed E-state index contributed by atoms with van der Waals surface area (Å²) in [6, 6.07) is 13.1. The summed E-state index contributed by atoms with van der Waals surface area (Å²) in [5, 5.41) is 10.4. The van der Waals surface area contributed by atoms with E-state index in [0.29, 0.717) is 5.02 Å². The monoisotopic (exact) mass is 370 g/mol. The van der Waals surface area contributed by atoms with Crippen LogP contribution in [0.15, 0.2) is 53.4 Å². The van der Waals surface area contributed by atoms with Crippen molar-refractivity contribution in [1.82, 2.24) is 0 Å². The Bertz CT molecular complexity index is 742. The molecule has 7 heteroatoms. The van der Waals surface area contributed by atoms with E-state index in [4.69, 9.17) is 21.1 Å². The Balaban J connectivity index is 1.83. The van der Waals surface area contributed by atoms with E-state index in [1.807, 2.05) is 12.1 Å². The van der Waals surface area contributed by atoms with E-state index in [-0.39, 0.29) is 18.1 Å². The maximum atomic E-state index is 12.2. The van der Waals surface area contributed by atoms with Crippen LogP contribution in [0, 0.1) is 0 Å². The number of hydrogen-bond acceptors (Lipinski definition) is 5. The summed E-state index contributed by atoms with van der Waals surface area (Å²) in [6.07, 6.45) is -1.11. The fourth-order valence-electron chi connectivity index (χ4n) is 2.07. The van der Waals surface area contributed by atoms with Crippen LogP contribution in [0.3, 0.4) is 0 Å². The average molecular weight is 371 g/mol. The molecule has 0 spiro atoms. The van der Waals surface area contributed by atoms with Gasteiger partial charge in [-0.25, -0.2) is 8.42 Å². The molecule has 0 saturated carbocycles. The quantitative estimate of drug-likeness (QED) is 0.773. The van der Waals surface area contributed by atoms with Crippen LogP contribution in [-0.2, 0) is 21.2 Å². The lowest BCUT2D eigenvalue weighted by Crippen LogP contribution is -2.25. The van der Waals surface area contributed by atoms with Gasteiger partial charge in [-0.15, -0.1) is 0 Å². The molecule has 0 heterocycles. The Labute approximate surface area is 146 Å². The zero-order valence-electron chi connectivity index (χ0n) is 13.2. The number of ether oxygens (including phenoxy) is 2. The highest BCUT2D eigenvalue weighted by atomic mass is 35.5. The van der Waals surface area contributed by atoms with Gasteiger partial charge < -0.3 is 14.6 Å². The van der Waals surface area contributed by atoms with E-state index in [9.17, 15) is 13.5 Å². The minimum atomic E-state index is -3.59. The molecule has 1 N–H and O–H groups in total. The lowest BCUT2D eigenvalue weighted by atomic mass is 10.2. The lowest BCUT2D eigenvalue weighted by Gasteiger charge is -2.12. The van der Waals surface area contributed by atoms with Crippen LogP contribution in [0.4, 0.5) is 0 Å². The third-order valence-corrected chi connectivity index (χ3v) is 5.39. The highest BCUT2D eigenvalue weighted by Crippen LogP contribution is 2.16. The highest BCUT2D eigenvalue weighted by molar-refractivity contribution is 7.91. The van der Waals surface area contributed by atoms with Gasteiger partial charge in [-0.3, -0.25) is 0 Å². The van der Waals surface area contributed by atoms with Gasteiger partial charge in [0.15, 0.2) is 9.84 Å². The average Bonchev–Trinajstić information content (AvgIpc) is 2.55. The molecule has 0 aliphatic rings. The molecular weight excluding hydrogens is 352 g/mol. The van der Waals surface area contributed by atoms with Crippen LogP contribution in [-0.4, -0.2) is 39.1 Å². The standard InChI is InChI=1S/C17H19ClO5S/c1-22-16-6-2-13(3-7-16)10-23-11-15(19)12-24(20,21)17-8-4-14(18)5-9-17/h2-9,15,19H,10-12H2,1H3/t15-/m0/s1. The smallest absolute Gasteiger partial charge is 0.181 e. The molecule has 1 atom stereocenters. The summed E-state index contributed by atoms with van der Waals surface area (Å²) >= 11 is 5.74. The van der Waals surface area contributed by atoms with Gasteiger partial charge in [-0.2, -0.15) is 0 Å². The molecule has 5 nitrogen and oxygen atoms in total. The summed E-state index contributed by atoms with van der Waals surface area (Å²) in [7, 11) is -2.00. The molecule has 0 aromatic heterocycles. The van der Waals surface area contributed by atoms with Gasteiger partial charge >= 0.3 is 0 Å². The van der Waals surface area contributed by atoms with Crippen molar-refractivity contribution >= 4 is 21.4 Å². The number of aliphatic hydroxyl groups is 1. The molecule has 0 bridgehead atoms. The fraction of sp³-hybridized carbons (Fsp3) is 0.294. The topological polar surface area (TPSA) is 72.8 Å². The van der Waals surface area contributed by atoms with E-state index < -0.39 is 21.7 Å². The molecule has 2 aromatic carbocycles. The van der Waals surface area contributed by atoms with Gasteiger partial charge in [0.1, 0.15) is 5.75 Å². The van der Waals surface area contributed by atoms with Crippen molar-refractivity contribution in [3.8, 4) is 5.75 Å². The van der Waals surface area contributed by atoms with Gasteiger partial charge in [0.05, 0.1) is 37.1 Å². The van der Waals surface area contributed by atoms with Crippen molar-refractivity contribution in [2.75, 3.05) is 19.5 Å². The van der Waals surface area contributed by atoms with Crippen LogP contribution in [0.2, 0.25) is 5.02 Å². The number of sulfone groups is 1. The fourth-order valence-corrected chi connectivity index (χ4v) is 3.55. The third-order valence-electron chi connectivity index (χ3n) is 3.32. The van der Waals surface area contributed by atoms with E-state index in [1.54, 1.807) is 19.2 Å². The first-order valence-electron chi connectivity index (χ1n) is 7.28. The second-order valence-corrected chi connectivity index (χ2v) is 7.72. The number of halogens is 1. The van der Waals surface area contributed by atoms with E-state index in [1.165, 1.54) is 24.3 Å². The summed E-state index contributed by atoms with van der Waals surface area (Å²) in [5.41, 5.74) is 0.906. The summed E-state index contributed by atoms with van der Waals surface area (Å²) < 4.78 is 34.8. The van der Waals surface area contributed by atoms with Crippen LogP contribution >= 0.6 is 11.6 Å². The molecule has 130 valence electrons. The van der Waals surface area contributed by atoms with Crippen molar-refractivity contribution in [1.29, 1.82) is 0 Å². The van der Waals surface area contributed by atoms with Crippen molar-refractivity contribution in [2.45, 2.75) is 17.6 Å². The number of aliphatic hydroxyl groups excluding tert-OH is 1. The van der Waals surface area contributed by atoms with Gasteiger partial charge in [0.25, 0.3) is 0 Å². The summed E-state index contributed by atoms with van der Waals surface area (Å²) in [4.78, 5) is 0.126. The predicted molar refractivity (Wildman–Crippen MR) is 92.2 cm³/mol. The number of benzene rings is 2. The Hall–Kier alpha value is -1.60.